The highest BCUT2D eigenvalue weighted by Crippen LogP contribution is 2.40. The van der Waals surface area contributed by atoms with Crippen LogP contribution in [0.2, 0.25) is 5.02 Å². The Morgan fingerprint density at radius 3 is 2.71 bits per heavy atom. The number of likely N-dealkylation sites (N-methyl/N-ethyl adjacent to an activating group) is 1. The molecule has 1 aromatic carbocycles. The largest absolute Gasteiger partial charge is 0.477 e. The first-order valence-corrected chi connectivity index (χ1v) is 5.58. The Hall–Kier alpha value is -1.55. The molecule has 0 saturated heterocycles. The number of amides is 1. The van der Waals surface area contributed by atoms with Crippen LogP contribution in [-0.2, 0) is 4.79 Å². The van der Waals surface area contributed by atoms with Gasteiger partial charge in [0.1, 0.15) is 0 Å². The number of nitrogens with zero attached hydrogens (tertiary/aromatic N) is 1. The molecule has 0 spiro atoms. The summed E-state index contributed by atoms with van der Waals surface area (Å²) in [6, 6.07) is 3.17. The summed E-state index contributed by atoms with van der Waals surface area (Å²) in [5.41, 5.74) is 0.998. The van der Waals surface area contributed by atoms with E-state index in [1.807, 2.05) is 0 Å². The topological polar surface area (TPSA) is 46.6 Å². The second-order valence-electron chi connectivity index (χ2n) is 4.02. The average molecular weight is 254 g/mol. The van der Waals surface area contributed by atoms with Crippen molar-refractivity contribution in [2.75, 3.05) is 11.9 Å². The molecule has 17 heavy (non-hydrogen) atoms. The molecule has 1 amide bonds. The van der Waals surface area contributed by atoms with Crippen LogP contribution >= 0.6 is 11.6 Å². The molecule has 1 aliphatic heterocycles. The van der Waals surface area contributed by atoms with Crippen molar-refractivity contribution < 1.29 is 14.3 Å². The van der Waals surface area contributed by atoms with Crippen LogP contribution in [0.15, 0.2) is 12.1 Å². The van der Waals surface area contributed by atoms with Crippen molar-refractivity contribution in [3.8, 4) is 5.75 Å². The van der Waals surface area contributed by atoms with Crippen molar-refractivity contribution in [1.82, 2.24) is 0 Å². The average Bonchev–Trinajstić information content (AvgIpc) is 2.27. The molecule has 1 atom stereocenters. The van der Waals surface area contributed by atoms with Crippen molar-refractivity contribution in [2.24, 2.45) is 0 Å². The Balaban J connectivity index is 2.61. The maximum Gasteiger partial charge on any atom is 0.267 e. The Kier molecular flexibility index (Phi) is 2.83. The number of carbonyl (C=O) groups excluding carboxylic acids is 2. The molecule has 2 rings (SSSR count). The van der Waals surface area contributed by atoms with Gasteiger partial charge < -0.3 is 9.64 Å². The van der Waals surface area contributed by atoms with Gasteiger partial charge in [0, 0.05) is 12.6 Å². The SMILES string of the molecule is CC(=O)c1cc(Cl)c2c(c1)N(C)C(=O)C(C)O2. The molecule has 0 aromatic heterocycles. The van der Waals surface area contributed by atoms with Crippen LogP contribution in [0.1, 0.15) is 24.2 Å². The Morgan fingerprint density at radius 2 is 2.12 bits per heavy atom. The van der Waals surface area contributed by atoms with E-state index in [2.05, 4.69) is 0 Å². The molecule has 4 nitrogen and oxygen atoms in total. The highest BCUT2D eigenvalue weighted by atomic mass is 35.5. The molecule has 0 radical (unpaired) electrons. The van der Waals surface area contributed by atoms with Crippen LogP contribution in [0, 0.1) is 0 Å². The minimum absolute atomic E-state index is 0.103. The Labute approximate surface area is 104 Å². The fourth-order valence-electron chi connectivity index (χ4n) is 1.77. The smallest absolute Gasteiger partial charge is 0.267 e. The number of anilines is 1. The summed E-state index contributed by atoms with van der Waals surface area (Å²) in [5, 5.41) is 0.346. The van der Waals surface area contributed by atoms with Gasteiger partial charge in [-0.05, 0) is 26.0 Å². The van der Waals surface area contributed by atoms with E-state index in [-0.39, 0.29) is 11.7 Å². The zero-order chi connectivity index (χ0) is 12.7. The number of benzene rings is 1. The molecule has 90 valence electrons. The van der Waals surface area contributed by atoms with Gasteiger partial charge in [-0.1, -0.05) is 11.6 Å². The van der Waals surface area contributed by atoms with Crippen molar-refractivity contribution in [3.63, 3.8) is 0 Å². The van der Waals surface area contributed by atoms with Crippen LogP contribution in [-0.4, -0.2) is 24.8 Å². The minimum atomic E-state index is -0.562. The van der Waals surface area contributed by atoms with E-state index in [0.29, 0.717) is 22.0 Å². The van der Waals surface area contributed by atoms with Crippen molar-refractivity contribution in [3.05, 3.63) is 22.7 Å². The molecule has 1 heterocycles. The summed E-state index contributed by atoms with van der Waals surface area (Å²) in [4.78, 5) is 24.5. The van der Waals surface area contributed by atoms with Crippen LogP contribution < -0.4 is 9.64 Å². The predicted octanol–water partition coefficient (Wildman–Crippen LogP) is 2.29. The van der Waals surface area contributed by atoms with Gasteiger partial charge in [-0.25, -0.2) is 0 Å². The van der Waals surface area contributed by atoms with E-state index in [1.54, 1.807) is 26.1 Å². The Morgan fingerprint density at radius 1 is 1.47 bits per heavy atom. The number of fused-ring (bicyclic) bond motifs is 1. The lowest BCUT2D eigenvalue weighted by Crippen LogP contribution is -2.42. The van der Waals surface area contributed by atoms with Crippen molar-refractivity contribution >= 4 is 29.0 Å². The number of hydrogen-bond acceptors (Lipinski definition) is 3. The van der Waals surface area contributed by atoms with Gasteiger partial charge in [0.2, 0.25) is 0 Å². The second-order valence-corrected chi connectivity index (χ2v) is 4.43. The fourth-order valence-corrected chi connectivity index (χ4v) is 2.03. The second kappa shape index (κ2) is 4.04. The van der Waals surface area contributed by atoms with E-state index in [0.717, 1.165) is 0 Å². The third-order valence-corrected chi connectivity index (χ3v) is 3.05. The molecule has 1 unspecified atom stereocenters. The summed E-state index contributed by atoms with van der Waals surface area (Å²) in [6.07, 6.45) is -0.562. The van der Waals surface area contributed by atoms with Gasteiger partial charge in [0.15, 0.2) is 17.6 Å². The number of halogens is 1. The van der Waals surface area contributed by atoms with Crippen LogP contribution in [0.4, 0.5) is 5.69 Å². The molecule has 0 saturated carbocycles. The third kappa shape index (κ3) is 1.89. The molecule has 0 fully saturated rings. The molecule has 1 aromatic rings. The van der Waals surface area contributed by atoms with Gasteiger partial charge >= 0.3 is 0 Å². The van der Waals surface area contributed by atoms with Gasteiger partial charge in [-0.15, -0.1) is 0 Å². The first-order chi connectivity index (χ1) is 7.91. The molecule has 1 aliphatic rings. The standard InChI is InChI=1S/C12H12ClNO3/c1-6(15)8-4-9(13)11-10(5-8)14(3)12(16)7(2)17-11/h4-5,7H,1-3H3. The fraction of sp³-hybridized carbons (Fsp3) is 0.333. The van der Waals surface area contributed by atoms with Crippen LogP contribution in [0.5, 0.6) is 5.75 Å². The summed E-state index contributed by atoms with van der Waals surface area (Å²) in [6.45, 7) is 3.11. The first-order valence-electron chi connectivity index (χ1n) is 5.20. The first kappa shape index (κ1) is 11.9. The van der Waals surface area contributed by atoms with E-state index < -0.39 is 6.10 Å². The van der Waals surface area contributed by atoms with E-state index in [1.165, 1.54) is 11.8 Å². The maximum atomic E-state index is 11.8. The lowest BCUT2D eigenvalue weighted by atomic mass is 10.1. The van der Waals surface area contributed by atoms with Crippen molar-refractivity contribution in [2.45, 2.75) is 20.0 Å². The van der Waals surface area contributed by atoms with E-state index in [4.69, 9.17) is 16.3 Å². The maximum absolute atomic E-state index is 11.8. The zero-order valence-corrected chi connectivity index (χ0v) is 10.5. The number of ether oxygens (including phenoxy) is 1. The summed E-state index contributed by atoms with van der Waals surface area (Å²) < 4.78 is 5.45. The number of rotatable bonds is 1. The Bertz CT molecular complexity index is 513. The molecule has 0 bridgehead atoms. The molecular weight excluding hydrogens is 242 g/mol. The highest BCUT2D eigenvalue weighted by Gasteiger charge is 2.31. The van der Waals surface area contributed by atoms with Gasteiger partial charge in [-0.3, -0.25) is 9.59 Å². The monoisotopic (exact) mass is 253 g/mol. The van der Waals surface area contributed by atoms with Gasteiger partial charge in [0.25, 0.3) is 5.91 Å². The molecular formula is C12H12ClNO3. The zero-order valence-electron chi connectivity index (χ0n) is 9.78. The quantitative estimate of drug-likeness (QED) is 0.722. The van der Waals surface area contributed by atoms with E-state index in [9.17, 15) is 9.59 Å². The highest BCUT2D eigenvalue weighted by molar-refractivity contribution is 6.33. The number of carbonyl (C=O) groups is 2. The number of Topliss-reactive ketones (excluding diaryl/α,β-unsaturated/α-hetero) is 1. The molecule has 0 aliphatic carbocycles. The normalized spacial score (nSPS) is 18.7. The molecule has 0 N–H and O–H groups in total. The number of ketones is 1. The lowest BCUT2D eigenvalue weighted by Gasteiger charge is -2.31. The number of hydrogen-bond donors (Lipinski definition) is 0. The molecule has 5 heteroatoms. The van der Waals surface area contributed by atoms with Gasteiger partial charge in [-0.2, -0.15) is 0 Å². The van der Waals surface area contributed by atoms with Gasteiger partial charge in [0.05, 0.1) is 10.7 Å². The van der Waals surface area contributed by atoms with Crippen LogP contribution in [0.25, 0.3) is 0 Å². The minimum Gasteiger partial charge on any atom is -0.477 e. The summed E-state index contributed by atoms with van der Waals surface area (Å²) in [5.74, 6) is 0.190. The predicted molar refractivity (Wildman–Crippen MR) is 65.0 cm³/mol. The van der Waals surface area contributed by atoms with Crippen LogP contribution in [0.3, 0.4) is 0 Å². The summed E-state index contributed by atoms with van der Waals surface area (Å²) in [7, 11) is 1.64. The summed E-state index contributed by atoms with van der Waals surface area (Å²) >= 11 is 6.05. The lowest BCUT2D eigenvalue weighted by molar-refractivity contribution is -0.125. The van der Waals surface area contributed by atoms with Crippen molar-refractivity contribution in [1.29, 1.82) is 0 Å². The third-order valence-electron chi connectivity index (χ3n) is 2.76. The van der Waals surface area contributed by atoms with E-state index >= 15 is 0 Å².